The second kappa shape index (κ2) is 10.1. The van der Waals surface area contributed by atoms with Crippen LogP contribution in [0.1, 0.15) is 25.2 Å². The summed E-state index contributed by atoms with van der Waals surface area (Å²) in [6.07, 6.45) is 2.77. The van der Waals surface area contributed by atoms with Crippen LogP contribution >= 0.6 is 0 Å². The molecule has 0 aliphatic carbocycles. The molecule has 0 aliphatic heterocycles. The molecule has 2 rings (SSSR count). The number of nitrogen functional groups attached to an aromatic ring is 1. The number of carbonyl (C=O) groups excluding carboxylic acids is 1. The highest BCUT2D eigenvalue weighted by atomic mass is 32.2. The van der Waals surface area contributed by atoms with E-state index in [-0.39, 0.29) is 23.3 Å². The number of nitrogens with zero attached hydrogens (tertiary/aromatic N) is 5. The summed E-state index contributed by atoms with van der Waals surface area (Å²) in [6.45, 7) is 4.22. The van der Waals surface area contributed by atoms with Crippen LogP contribution in [0.15, 0.2) is 35.2 Å². The van der Waals surface area contributed by atoms with E-state index in [2.05, 4.69) is 15.0 Å². The van der Waals surface area contributed by atoms with Crippen molar-refractivity contribution in [2.24, 2.45) is 0 Å². The summed E-state index contributed by atoms with van der Waals surface area (Å²) in [7, 11) is -0.00522. The van der Waals surface area contributed by atoms with E-state index in [9.17, 15) is 13.2 Å². The molecule has 2 N–H and O–H groups in total. The highest BCUT2D eigenvalue weighted by Gasteiger charge is 2.20. The van der Waals surface area contributed by atoms with Crippen molar-refractivity contribution >= 4 is 34.0 Å². The number of rotatable bonds is 9. The Morgan fingerprint density at radius 3 is 2.30 bits per heavy atom. The fraction of sp³-hybridized carbons (Fsp3) is 0.368. The van der Waals surface area contributed by atoms with Gasteiger partial charge in [-0.05, 0) is 23.8 Å². The molecule has 0 unspecified atom stereocenters. The number of nitrogens with two attached hydrogens (primary N) is 1. The lowest BCUT2D eigenvalue weighted by Crippen LogP contribution is -2.30. The summed E-state index contributed by atoms with van der Waals surface area (Å²) in [5.74, 6) is 0.0398. The van der Waals surface area contributed by atoms with Crippen molar-refractivity contribution in [3.63, 3.8) is 0 Å². The van der Waals surface area contributed by atoms with Gasteiger partial charge in [0, 0.05) is 33.3 Å². The Labute approximate surface area is 176 Å². The van der Waals surface area contributed by atoms with E-state index < -0.39 is 16.0 Å². The molecule has 0 aliphatic rings. The third-order valence-electron chi connectivity index (χ3n) is 4.07. The third kappa shape index (κ3) is 5.97. The van der Waals surface area contributed by atoms with E-state index >= 15 is 0 Å². The minimum Gasteiger partial charge on any atom is -0.454 e. The molecule has 0 amide bonds. The Morgan fingerprint density at radius 1 is 1.10 bits per heavy atom. The quantitative estimate of drug-likeness (QED) is 0.458. The van der Waals surface area contributed by atoms with Gasteiger partial charge in [0.2, 0.25) is 21.9 Å². The van der Waals surface area contributed by atoms with Crippen molar-refractivity contribution < 1.29 is 17.9 Å². The van der Waals surface area contributed by atoms with Gasteiger partial charge in [-0.15, -0.1) is 0 Å². The smallest absolute Gasteiger partial charge is 0.331 e. The highest BCUT2D eigenvalue weighted by Crippen LogP contribution is 2.17. The largest absolute Gasteiger partial charge is 0.454 e. The zero-order chi connectivity index (χ0) is 22.3. The van der Waals surface area contributed by atoms with Gasteiger partial charge in [-0.3, -0.25) is 0 Å². The molecule has 1 aromatic heterocycles. The normalized spacial score (nSPS) is 11.8. The first kappa shape index (κ1) is 23.2. The number of hydrogen-bond donors (Lipinski definition) is 1. The van der Waals surface area contributed by atoms with Crippen molar-refractivity contribution in [1.82, 2.24) is 19.3 Å². The average Bonchev–Trinajstić information content (AvgIpc) is 2.71. The summed E-state index contributed by atoms with van der Waals surface area (Å²) in [6, 6.07) is 6.26. The molecule has 0 atom stereocenters. The van der Waals surface area contributed by atoms with E-state index in [1.807, 2.05) is 0 Å². The molecule has 11 heteroatoms. The number of ether oxygens (including phenoxy) is 1. The van der Waals surface area contributed by atoms with E-state index in [1.54, 1.807) is 45.0 Å². The van der Waals surface area contributed by atoms with Gasteiger partial charge in [0.1, 0.15) is 0 Å². The summed E-state index contributed by atoms with van der Waals surface area (Å²) in [5, 5.41) is 0. The van der Waals surface area contributed by atoms with E-state index in [0.717, 1.165) is 0 Å². The second-order valence-electron chi connectivity index (χ2n) is 6.40. The fourth-order valence-electron chi connectivity index (χ4n) is 2.50. The van der Waals surface area contributed by atoms with Gasteiger partial charge >= 0.3 is 5.97 Å². The van der Waals surface area contributed by atoms with Crippen LogP contribution in [0.25, 0.3) is 6.08 Å². The highest BCUT2D eigenvalue weighted by molar-refractivity contribution is 7.89. The molecule has 0 saturated carbocycles. The van der Waals surface area contributed by atoms with Gasteiger partial charge in [-0.25, -0.2) is 13.2 Å². The summed E-state index contributed by atoms with van der Waals surface area (Å²) >= 11 is 0. The first-order valence-electron chi connectivity index (χ1n) is 9.30. The number of esters is 1. The SMILES string of the molecule is CCN(CC)S(=O)(=O)c1ccc(/C=C/C(=O)OCc2nc(N)nc(N(C)C)n2)cc1. The van der Waals surface area contributed by atoms with Crippen molar-refractivity contribution in [2.45, 2.75) is 25.3 Å². The summed E-state index contributed by atoms with van der Waals surface area (Å²) in [4.78, 5) is 25.9. The Morgan fingerprint density at radius 2 is 1.73 bits per heavy atom. The molecule has 0 fully saturated rings. The molecule has 0 radical (unpaired) electrons. The molecule has 0 spiro atoms. The van der Waals surface area contributed by atoms with Gasteiger partial charge in [0.15, 0.2) is 12.4 Å². The topological polar surface area (TPSA) is 132 Å². The molecule has 0 saturated heterocycles. The Bertz CT molecular complexity index is 1000. The zero-order valence-corrected chi connectivity index (χ0v) is 18.3. The maximum atomic E-state index is 12.5. The number of carbonyl (C=O) groups is 1. The Kier molecular flexibility index (Phi) is 7.84. The van der Waals surface area contributed by atoms with Gasteiger partial charge < -0.3 is 15.4 Å². The average molecular weight is 435 g/mol. The lowest BCUT2D eigenvalue weighted by atomic mass is 10.2. The van der Waals surface area contributed by atoms with Crippen LogP contribution in [-0.4, -0.2) is 60.8 Å². The third-order valence-corrected chi connectivity index (χ3v) is 6.13. The summed E-state index contributed by atoms with van der Waals surface area (Å²) in [5.41, 5.74) is 6.29. The molecule has 30 heavy (non-hydrogen) atoms. The number of anilines is 2. The van der Waals surface area contributed by atoms with E-state index in [4.69, 9.17) is 10.5 Å². The fourth-order valence-corrected chi connectivity index (χ4v) is 3.96. The van der Waals surface area contributed by atoms with Gasteiger partial charge in [0.05, 0.1) is 4.90 Å². The lowest BCUT2D eigenvalue weighted by molar-refractivity contribution is -0.139. The number of hydrogen-bond acceptors (Lipinski definition) is 9. The number of benzene rings is 1. The zero-order valence-electron chi connectivity index (χ0n) is 17.4. The minimum atomic E-state index is -3.52. The van der Waals surface area contributed by atoms with Gasteiger partial charge in [-0.1, -0.05) is 26.0 Å². The van der Waals surface area contributed by atoms with Crippen LogP contribution < -0.4 is 10.6 Å². The molecule has 1 aromatic carbocycles. The van der Waals surface area contributed by atoms with Gasteiger partial charge in [0.25, 0.3) is 0 Å². The molecular weight excluding hydrogens is 408 g/mol. The monoisotopic (exact) mass is 434 g/mol. The Balaban J connectivity index is 2.00. The molecule has 1 heterocycles. The predicted molar refractivity (Wildman–Crippen MR) is 114 cm³/mol. The number of aromatic nitrogens is 3. The first-order valence-corrected chi connectivity index (χ1v) is 10.7. The van der Waals surface area contributed by atoms with Crippen molar-refractivity contribution in [3.05, 3.63) is 41.7 Å². The lowest BCUT2D eigenvalue weighted by Gasteiger charge is -2.18. The van der Waals surface area contributed by atoms with E-state index in [0.29, 0.717) is 24.6 Å². The van der Waals surface area contributed by atoms with Crippen molar-refractivity contribution in [2.75, 3.05) is 37.8 Å². The van der Waals surface area contributed by atoms with Crippen molar-refractivity contribution in [3.8, 4) is 0 Å². The van der Waals surface area contributed by atoms with Crippen molar-refractivity contribution in [1.29, 1.82) is 0 Å². The molecular formula is C19H26N6O4S. The molecule has 10 nitrogen and oxygen atoms in total. The van der Waals surface area contributed by atoms with E-state index in [1.165, 1.54) is 28.6 Å². The second-order valence-corrected chi connectivity index (χ2v) is 8.34. The van der Waals surface area contributed by atoms with Crippen LogP contribution in [0, 0.1) is 0 Å². The van der Waals surface area contributed by atoms with Crippen LogP contribution in [-0.2, 0) is 26.2 Å². The molecule has 2 aromatic rings. The predicted octanol–water partition coefficient (Wildman–Crippen LogP) is 1.31. The van der Waals surface area contributed by atoms with Crippen LogP contribution in [0.5, 0.6) is 0 Å². The van der Waals surface area contributed by atoms with Crippen LogP contribution in [0.3, 0.4) is 0 Å². The maximum absolute atomic E-state index is 12.5. The van der Waals surface area contributed by atoms with Gasteiger partial charge in [-0.2, -0.15) is 19.3 Å². The first-order chi connectivity index (χ1) is 14.2. The Hall–Kier alpha value is -3.05. The number of sulfonamides is 1. The summed E-state index contributed by atoms with van der Waals surface area (Å²) < 4.78 is 31.5. The molecule has 0 bridgehead atoms. The molecule has 162 valence electrons. The van der Waals surface area contributed by atoms with Crippen LogP contribution in [0.4, 0.5) is 11.9 Å². The van der Waals surface area contributed by atoms with Crippen LogP contribution in [0.2, 0.25) is 0 Å². The minimum absolute atomic E-state index is 0.0371. The maximum Gasteiger partial charge on any atom is 0.331 e. The standard InChI is InChI=1S/C19H26N6O4S/c1-5-25(6-2)30(27,28)15-10-7-14(8-11-15)9-12-17(26)29-13-16-21-18(20)23-19(22-16)24(3)4/h7-12H,5-6,13H2,1-4H3,(H2,20,21,22,23)/b12-9+.